The Labute approximate surface area is 220 Å². The van der Waals surface area contributed by atoms with Gasteiger partial charge < -0.3 is 13.9 Å². The second-order valence-corrected chi connectivity index (χ2v) is 9.71. The maximum absolute atomic E-state index is 13.9. The monoisotopic (exact) mass is 538 g/mol. The molecule has 38 heavy (non-hydrogen) atoms. The molecule has 0 aliphatic heterocycles. The molecule has 0 saturated carbocycles. The van der Waals surface area contributed by atoms with E-state index >= 15 is 0 Å². The van der Waals surface area contributed by atoms with E-state index in [1.165, 1.54) is 15.4 Å². The van der Waals surface area contributed by atoms with Crippen LogP contribution in [0.2, 0.25) is 5.02 Å². The van der Waals surface area contributed by atoms with Crippen LogP contribution in [0.3, 0.4) is 0 Å². The highest BCUT2D eigenvalue weighted by Gasteiger charge is 2.27. The second-order valence-electron chi connectivity index (χ2n) is 9.33. The lowest BCUT2D eigenvalue weighted by Gasteiger charge is -2.15. The lowest BCUT2D eigenvalue weighted by Crippen LogP contribution is -2.21. The first-order valence-corrected chi connectivity index (χ1v) is 12.0. The van der Waals surface area contributed by atoms with E-state index in [4.69, 9.17) is 11.6 Å². The average Bonchev–Trinajstić information content (AvgIpc) is 3.40. The first-order chi connectivity index (χ1) is 17.9. The number of nitrogens with zero attached hydrogens (tertiary/aromatic N) is 4. The number of rotatable bonds is 4. The number of hydrogen-bond donors (Lipinski definition) is 0. The molecule has 194 valence electrons. The summed E-state index contributed by atoms with van der Waals surface area (Å²) in [5, 5.41) is 0.386. The highest BCUT2D eigenvalue weighted by Crippen LogP contribution is 2.40. The third-order valence-electron chi connectivity index (χ3n) is 6.71. The number of halogens is 4. The van der Waals surface area contributed by atoms with E-state index in [0.717, 1.165) is 16.9 Å². The van der Waals surface area contributed by atoms with Gasteiger partial charge in [-0.25, -0.2) is 18.2 Å². The fraction of sp³-hybridized carbons (Fsp3) is 0.179. The predicted octanol–water partition coefficient (Wildman–Crippen LogP) is 6.11. The van der Waals surface area contributed by atoms with E-state index in [2.05, 4.69) is 4.98 Å². The van der Waals surface area contributed by atoms with Crippen molar-refractivity contribution < 1.29 is 22.8 Å². The summed E-state index contributed by atoms with van der Waals surface area (Å²) >= 11 is 6.91. The van der Waals surface area contributed by atoms with E-state index in [1.54, 1.807) is 32.4 Å². The van der Waals surface area contributed by atoms with Crippen LogP contribution >= 0.6 is 11.6 Å². The predicted molar refractivity (Wildman–Crippen MR) is 139 cm³/mol. The summed E-state index contributed by atoms with van der Waals surface area (Å²) < 4.78 is 44.8. The fourth-order valence-corrected chi connectivity index (χ4v) is 5.12. The minimum atomic E-state index is -1.67. The number of amides is 1. The molecule has 0 unspecified atom stereocenters. The van der Waals surface area contributed by atoms with Crippen LogP contribution < -0.4 is 0 Å². The Morgan fingerprint density at radius 2 is 1.68 bits per heavy atom. The Balaban J connectivity index is 1.83. The van der Waals surface area contributed by atoms with Gasteiger partial charge in [-0.2, -0.15) is 0 Å². The van der Waals surface area contributed by atoms with Crippen molar-refractivity contribution in [3.8, 4) is 11.1 Å². The molecular weight excluding hydrogens is 517 g/mol. The number of pyridine rings is 1. The molecule has 0 N–H and O–H groups in total. The van der Waals surface area contributed by atoms with Gasteiger partial charge in [-0.3, -0.25) is 9.59 Å². The van der Waals surface area contributed by atoms with Crippen molar-refractivity contribution >= 4 is 39.8 Å². The summed E-state index contributed by atoms with van der Waals surface area (Å²) in [7, 11) is 5.03. The molecule has 0 aliphatic carbocycles. The van der Waals surface area contributed by atoms with Gasteiger partial charge in [-0.1, -0.05) is 17.7 Å². The minimum Gasteiger partial charge on any atom is -0.345 e. The zero-order chi connectivity index (χ0) is 27.6. The number of carbonyl (C=O) groups excluding carboxylic acids is 2. The topological polar surface area (TPSA) is 59.6 Å². The van der Waals surface area contributed by atoms with Gasteiger partial charge in [0.15, 0.2) is 17.5 Å². The van der Waals surface area contributed by atoms with E-state index < -0.39 is 34.7 Å². The summed E-state index contributed by atoms with van der Waals surface area (Å²) in [6, 6.07) is 8.05. The molecule has 5 rings (SSSR count). The van der Waals surface area contributed by atoms with Crippen molar-refractivity contribution in [2.24, 2.45) is 7.05 Å². The summed E-state index contributed by atoms with van der Waals surface area (Å²) in [5.41, 5.74) is 3.60. The molecule has 1 amide bonds. The summed E-state index contributed by atoms with van der Waals surface area (Å²) in [6.45, 7) is 3.75. The Bertz CT molecular complexity index is 1800. The number of carbonyl (C=O) groups is 2. The standard InChI is InChI=1S/C28H22ClF3N4O2/c1-13-9-20-25(33-14(2)35(20)5)23(29)22(13)16-7-6-8-36-21(12-17(26(16)36)28(38)34(3)4)27(37)15-10-18(30)24(32)19(31)11-15/h6-12H,1-5H3. The van der Waals surface area contributed by atoms with Crippen LogP contribution in [0.4, 0.5) is 13.2 Å². The molecule has 0 spiro atoms. The number of benzene rings is 2. The Morgan fingerprint density at radius 1 is 1.03 bits per heavy atom. The molecule has 0 saturated heterocycles. The Hall–Kier alpha value is -4.11. The van der Waals surface area contributed by atoms with Crippen LogP contribution in [0.25, 0.3) is 27.7 Å². The van der Waals surface area contributed by atoms with Gasteiger partial charge in [0.2, 0.25) is 5.78 Å². The normalized spacial score (nSPS) is 11.5. The molecule has 5 aromatic rings. The van der Waals surface area contributed by atoms with Crippen molar-refractivity contribution in [1.29, 1.82) is 0 Å². The molecule has 2 aromatic carbocycles. The Kier molecular flexibility index (Phi) is 6.06. The molecule has 0 radical (unpaired) electrons. The second kappa shape index (κ2) is 9.02. The molecule has 10 heteroatoms. The number of imidazole rings is 1. The highest BCUT2D eigenvalue weighted by molar-refractivity contribution is 6.38. The van der Waals surface area contributed by atoms with E-state index in [-0.39, 0.29) is 11.3 Å². The first-order valence-electron chi connectivity index (χ1n) is 11.6. The van der Waals surface area contributed by atoms with Crippen LogP contribution in [-0.2, 0) is 7.05 Å². The van der Waals surface area contributed by atoms with Crippen LogP contribution in [0.5, 0.6) is 0 Å². The Morgan fingerprint density at radius 3 is 2.32 bits per heavy atom. The number of aromatic nitrogens is 3. The van der Waals surface area contributed by atoms with Crippen LogP contribution in [0.15, 0.2) is 42.6 Å². The molecule has 0 atom stereocenters. The summed E-state index contributed by atoms with van der Waals surface area (Å²) in [6.07, 6.45) is 1.57. The zero-order valence-corrected chi connectivity index (χ0v) is 21.9. The average molecular weight is 539 g/mol. The molecule has 0 bridgehead atoms. The molecule has 6 nitrogen and oxygen atoms in total. The van der Waals surface area contributed by atoms with Crippen LogP contribution in [-0.4, -0.2) is 44.6 Å². The molecule has 3 aromatic heterocycles. The van der Waals surface area contributed by atoms with Crippen molar-refractivity contribution in [3.63, 3.8) is 0 Å². The lowest BCUT2D eigenvalue weighted by molar-refractivity contribution is 0.0829. The van der Waals surface area contributed by atoms with Crippen molar-refractivity contribution in [3.05, 3.63) is 93.3 Å². The number of hydrogen-bond acceptors (Lipinski definition) is 3. The number of aryl methyl sites for hydroxylation is 3. The van der Waals surface area contributed by atoms with E-state index in [9.17, 15) is 22.8 Å². The van der Waals surface area contributed by atoms with Gasteiger partial charge in [-0.15, -0.1) is 0 Å². The van der Waals surface area contributed by atoms with Crippen LogP contribution in [0, 0.1) is 31.3 Å². The van der Waals surface area contributed by atoms with E-state index in [1.807, 2.05) is 31.5 Å². The molecule has 0 fully saturated rings. The van der Waals surface area contributed by atoms with Gasteiger partial charge in [0.05, 0.1) is 27.3 Å². The molecule has 0 aliphatic rings. The van der Waals surface area contributed by atoms with Gasteiger partial charge in [0.1, 0.15) is 11.3 Å². The smallest absolute Gasteiger partial charge is 0.255 e. The van der Waals surface area contributed by atoms with Crippen molar-refractivity contribution in [1.82, 2.24) is 18.9 Å². The quantitative estimate of drug-likeness (QED) is 0.205. The highest BCUT2D eigenvalue weighted by atomic mass is 35.5. The SMILES string of the molecule is Cc1cc2c(nc(C)n2C)c(Cl)c1-c1cccn2c(C(=O)c3cc(F)c(F)c(F)c3)cc(C(=O)N(C)C)c12. The largest absolute Gasteiger partial charge is 0.345 e. The third kappa shape index (κ3) is 3.77. The fourth-order valence-electron chi connectivity index (χ4n) is 4.73. The maximum Gasteiger partial charge on any atom is 0.255 e. The van der Waals surface area contributed by atoms with Gasteiger partial charge in [-0.05, 0) is 49.7 Å². The third-order valence-corrected chi connectivity index (χ3v) is 7.08. The zero-order valence-electron chi connectivity index (χ0n) is 21.2. The molecule has 3 heterocycles. The van der Waals surface area contributed by atoms with E-state index in [0.29, 0.717) is 39.3 Å². The first kappa shape index (κ1) is 25.5. The van der Waals surface area contributed by atoms with Crippen LogP contribution in [0.1, 0.15) is 37.8 Å². The summed E-state index contributed by atoms with van der Waals surface area (Å²) in [4.78, 5) is 32.7. The van der Waals surface area contributed by atoms with Gasteiger partial charge in [0, 0.05) is 44.0 Å². The minimum absolute atomic E-state index is 0.0269. The summed E-state index contributed by atoms with van der Waals surface area (Å²) in [5.74, 6) is -5.05. The number of fused-ring (bicyclic) bond motifs is 2. The lowest BCUT2D eigenvalue weighted by atomic mass is 9.97. The van der Waals surface area contributed by atoms with Crippen molar-refractivity contribution in [2.75, 3.05) is 14.1 Å². The maximum atomic E-state index is 13.9. The number of ketones is 1. The van der Waals surface area contributed by atoms with Gasteiger partial charge in [0.25, 0.3) is 5.91 Å². The molecular formula is C28H22ClF3N4O2. The van der Waals surface area contributed by atoms with Gasteiger partial charge >= 0.3 is 0 Å². The van der Waals surface area contributed by atoms with Crippen molar-refractivity contribution in [2.45, 2.75) is 13.8 Å².